The maximum Gasteiger partial charge on any atom is 0.413 e. The summed E-state index contributed by atoms with van der Waals surface area (Å²) in [5, 5.41) is 0.00240. The van der Waals surface area contributed by atoms with Crippen LogP contribution < -0.4 is 0 Å². The van der Waals surface area contributed by atoms with Gasteiger partial charge in [0.2, 0.25) is 0 Å². The molecule has 0 saturated carbocycles. The van der Waals surface area contributed by atoms with Crippen LogP contribution in [0.25, 0.3) is 0 Å². The maximum absolute atomic E-state index is 12.5. The van der Waals surface area contributed by atoms with Crippen molar-refractivity contribution < 1.29 is 23.5 Å². The fourth-order valence-corrected chi connectivity index (χ4v) is 3.96. The summed E-state index contributed by atoms with van der Waals surface area (Å²) >= 11 is 0. The third-order valence-corrected chi connectivity index (χ3v) is 9.67. The minimum atomic E-state index is -2.09. The number of nitrogens with zero attached hydrogens (tertiary/aromatic N) is 1. The zero-order valence-electron chi connectivity index (χ0n) is 16.4. The maximum atomic E-state index is 12.5. The molecule has 2 rings (SSSR count). The lowest BCUT2D eigenvalue weighted by Crippen LogP contribution is -2.52. The first-order valence-electron chi connectivity index (χ1n) is 8.85. The van der Waals surface area contributed by atoms with Crippen LogP contribution >= 0.6 is 0 Å². The summed E-state index contributed by atoms with van der Waals surface area (Å²) in [4.78, 5) is 26.0. The quantitative estimate of drug-likeness (QED) is 0.573. The second-order valence-corrected chi connectivity index (χ2v) is 12.9. The van der Waals surface area contributed by atoms with Crippen LogP contribution in [0.15, 0.2) is 30.3 Å². The van der Waals surface area contributed by atoms with Crippen LogP contribution in [0.3, 0.4) is 0 Å². The molecule has 1 unspecified atom stereocenters. The summed E-state index contributed by atoms with van der Waals surface area (Å²) < 4.78 is 16.7. The van der Waals surface area contributed by atoms with Crippen LogP contribution in [-0.2, 0) is 25.3 Å². The molecule has 6 nitrogen and oxygen atoms in total. The number of ether oxygens (including phenoxy) is 2. The average Bonchev–Trinajstić information content (AvgIpc) is 2.94. The van der Waals surface area contributed by atoms with Crippen molar-refractivity contribution in [3.63, 3.8) is 0 Å². The number of hydrogen-bond acceptors (Lipinski definition) is 5. The highest BCUT2D eigenvalue weighted by Crippen LogP contribution is 2.38. The molecule has 1 fully saturated rings. The third kappa shape index (κ3) is 4.65. The molecule has 7 heteroatoms. The lowest BCUT2D eigenvalue weighted by Gasteiger charge is -2.40. The van der Waals surface area contributed by atoms with E-state index >= 15 is 0 Å². The first-order chi connectivity index (χ1) is 12.0. The minimum Gasteiger partial charge on any atom is -0.444 e. The smallest absolute Gasteiger partial charge is 0.413 e. The molecule has 0 aromatic heterocycles. The largest absolute Gasteiger partial charge is 0.444 e. The van der Waals surface area contributed by atoms with Crippen LogP contribution in [0.1, 0.15) is 33.3 Å². The molecule has 1 aromatic rings. The van der Waals surface area contributed by atoms with Gasteiger partial charge in [-0.15, -0.1) is 0 Å². The third-order valence-electron chi connectivity index (χ3n) is 5.09. The molecule has 26 heavy (non-hydrogen) atoms. The van der Waals surface area contributed by atoms with E-state index < -0.39 is 32.5 Å². The van der Waals surface area contributed by atoms with E-state index in [1.54, 1.807) is 0 Å². The molecule has 0 aliphatic carbocycles. The van der Waals surface area contributed by atoms with Gasteiger partial charge in [0.05, 0.1) is 6.10 Å². The van der Waals surface area contributed by atoms with Crippen molar-refractivity contribution in [1.82, 2.24) is 4.90 Å². The molecular weight excluding hydrogens is 350 g/mol. The molecule has 0 N–H and O–H groups in total. The number of carbonyl (C=O) groups excluding carboxylic acids is 2. The van der Waals surface area contributed by atoms with E-state index in [0.717, 1.165) is 5.56 Å². The summed E-state index contributed by atoms with van der Waals surface area (Å²) in [6.45, 7) is 12.5. The number of hydrogen-bond donors (Lipinski definition) is 0. The average molecular weight is 380 g/mol. The van der Waals surface area contributed by atoms with Crippen molar-refractivity contribution in [3.8, 4) is 0 Å². The van der Waals surface area contributed by atoms with Crippen LogP contribution in [0, 0.1) is 0 Å². The highest BCUT2D eigenvalue weighted by Gasteiger charge is 2.47. The van der Waals surface area contributed by atoms with Crippen molar-refractivity contribution in [2.75, 3.05) is 6.73 Å². The summed E-state index contributed by atoms with van der Waals surface area (Å²) in [6, 6.07) is 8.62. The Balaban J connectivity index is 2.04. The van der Waals surface area contributed by atoms with Gasteiger partial charge in [-0.2, -0.15) is 0 Å². The number of amides is 1. The van der Waals surface area contributed by atoms with Crippen LogP contribution in [0.2, 0.25) is 18.1 Å². The van der Waals surface area contributed by atoms with Crippen molar-refractivity contribution in [3.05, 3.63) is 35.9 Å². The van der Waals surface area contributed by atoms with Gasteiger partial charge in [-0.1, -0.05) is 51.1 Å². The number of esters is 1. The van der Waals surface area contributed by atoms with Crippen molar-refractivity contribution in [2.45, 2.75) is 64.6 Å². The molecule has 1 amide bonds. The molecule has 1 aromatic carbocycles. The molecule has 0 radical (unpaired) electrons. The van der Waals surface area contributed by atoms with E-state index in [0.29, 0.717) is 0 Å². The van der Waals surface area contributed by atoms with Gasteiger partial charge in [0.15, 0.2) is 21.1 Å². The summed E-state index contributed by atoms with van der Waals surface area (Å²) in [7, 11) is -2.09. The molecular formula is C19H29NO5Si. The standard InChI is InChI=1S/C19H29NO5Si/c1-14(25-26(5,6)19(2,3)4)16-17(21)24-13-20(16)18(22)23-12-15-10-8-7-9-11-15/h7-11,14,16H,12-13H2,1-6H3/t14-,16?/m1/s1. The Hall–Kier alpha value is -1.86. The Morgan fingerprint density at radius 2 is 1.92 bits per heavy atom. The van der Waals surface area contributed by atoms with Crippen molar-refractivity contribution in [1.29, 1.82) is 0 Å². The molecule has 2 atom stereocenters. The van der Waals surface area contributed by atoms with Gasteiger partial charge >= 0.3 is 12.1 Å². The molecule has 144 valence electrons. The topological polar surface area (TPSA) is 65.1 Å². The van der Waals surface area contributed by atoms with E-state index in [4.69, 9.17) is 13.9 Å². The van der Waals surface area contributed by atoms with E-state index in [-0.39, 0.29) is 18.4 Å². The van der Waals surface area contributed by atoms with Gasteiger partial charge < -0.3 is 13.9 Å². The van der Waals surface area contributed by atoms with Crippen LogP contribution in [0.4, 0.5) is 4.79 Å². The SMILES string of the molecule is C[C@@H](O[Si](C)(C)C(C)(C)C)C1C(=O)OCN1C(=O)OCc1ccccc1. The van der Waals surface area contributed by atoms with Gasteiger partial charge in [0, 0.05) is 0 Å². The minimum absolute atomic E-state index is 0.00240. The van der Waals surface area contributed by atoms with Gasteiger partial charge in [-0.3, -0.25) is 4.90 Å². The fraction of sp³-hybridized carbons (Fsp3) is 0.579. The molecule has 1 saturated heterocycles. The zero-order chi connectivity index (χ0) is 19.5. The number of rotatable bonds is 5. The van der Waals surface area contributed by atoms with E-state index in [9.17, 15) is 9.59 Å². The molecule has 1 aliphatic heterocycles. The second kappa shape index (κ2) is 7.80. The predicted octanol–water partition coefficient (Wildman–Crippen LogP) is 3.92. The predicted molar refractivity (Wildman–Crippen MR) is 101 cm³/mol. The van der Waals surface area contributed by atoms with Crippen LogP contribution in [0.5, 0.6) is 0 Å². The Kier molecular flexibility index (Phi) is 6.13. The zero-order valence-corrected chi connectivity index (χ0v) is 17.4. The Morgan fingerprint density at radius 3 is 2.50 bits per heavy atom. The van der Waals surface area contributed by atoms with Gasteiger partial charge in [-0.05, 0) is 30.6 Å². The fourth-order valence-electron chi connectivity index (χ4n) is 2.55. The number of carbonyl (C=O) groups is 2. The highest BCUT2D eigenvalue weighted by molar-refractivity contribution is 6.74. The number of cyclic esters (lactones) is 1. The first-order valence-corrected chi connectivity index (χ1v) is 11.8. The summed E-state index contributed by atoms with van der Waals surface area (Å²) in [6.07, 6.45) is -1.04. The van der Waals surface area contributed by atoms with Gasteiger partial charge in [0.25, 0.3) is 0 Å². The molecule has 1 aliphatic rings. The Morgan fingerprint density at radius 1 is 1.31 bits per heavy atom. The normalized spacial score (nSPS) is 19.2. The van der Waals surface area contributed by atoms with Gasteiger partial charge in [0.1, 0.15) is 6.61 Å². The molecule has 1 heterocycles. The van der Waals surface area contributed by atoms with Crippen molar-refractivity contribution in [2.24, 2.45) is 0 Å². The number of benzene rings is 1. The van der Waals surface area contributed by atoms with E-state index in [1.165, 1.54) is 4.90 Å². The lowest BCUT2D eigenvalue weighted by molar-refractivity contribution is -0.140. The summed E-state index contributed by atoms with van der Waals surface area (Å²) in [5.74, 6) is -0.451. The van der Waals surface area contributed by atoms with E-state index in [1.807, 2.05) is 37.3 Å². The Bertz CT molecular complexity index is 641. The van der Waals surface area contributed by atoms with E-state index in [2.05, 4.69) is 33.9 Å². The first kappa shape index (κ1) is 20.4. The van der Waals surface area contributed by atoms with Gasteiger partial charge in [-0.25, -0.2) is 9.59 Å². The molecule has 0 bridgehead atoms. The second-order valence-electron chi connectivity index (χ2n) is 8.13. The highest BCUT2D eigenvalue weighted by atomic mass is 28.4. The summed E-state index contributed by atoms with van der Waals surface area (Å²) in [5.41, 5.74) is 0.884. The van der Waals surface area contributed by atoms with Crippen molar-refractivity contribution >= 4 is 20.4 Å². The monoisotopic (exact) mass is 379 g/mol. The van der Waals surface area contributed by atoms with Crippen LogP contribution in [-0.4, -0.2) is 44.2 Å². The lowest BCUT2D eigenvalue weighted by atomic mass is 10.2. The Labute approximate surface area is 156 Å². The molecule has 0 spiro atoms.